The van der Waals surface area contributed by atoms with Gasteiger partial charge < -0.3 is 10.6 Å². The number of nitrogens with one attached hydrogen (secondary N) is 2. The smallest absolute Gasteiger partial charge is 0.241 e. The van der Waals surface area contributed by atoms with E-state index in [0.29, 0.717) is 12.1 Å². The fraction of sp³-hybridized carbons (Fsp3) is 0.269. The molecule has 0 aliphatic carbocycles. The number of hydrogen-bond acceptors (Lipinski definition) is 2. The monoisotopic (exact) mass is 404 g/mol. The molecule has 0 saturated carbocycles. The highest BCUT2D eigenvalue weighted by molar-refractivity contribution is 5.82. The largest absolute Gasteiger partial charge is 0.358 e. The number of benzene rings is 3. The van der Waals surface area contributed by atoms with Crippen LogP contribution in [0.15, 0.2) is 72.8 Å². The molecule has 4 heteroatoms. The summed E-state index contributed by atoms with van der Waals surface area (Å²) in [7, 11) is 1.65. The van der Waals surface area contributed by atoms with Crippen molar-refractivity contribution in [2.24, 2.45) is 0 Å². The fourth-order valence-electron chi connectivity index (χ4n) is 3.73. The zero-order valence-electron chi connectivity index (χ0n) is 17.8. The number of halogens is 1. The molecule has 0 unspecified atom stereocenters. The summed E-state index contributed by atoms with van der Waals surface area (Å²) < 4.78 is 13.8. The zero-order valence-corrected chi connectivity index (χ0v) is 17.8. The number of likely N-dealkylation sites (N-methyl/N-ethyl adjacent to an activating group) is 1. The van der Waals surface area contributed by atoms with Crippen molar-refractivity contribution in [3.63, 3.8) is 0 Å². The molecule has 0 aromatic heterocycles. The Labute approximate surface area is 178 Å². The number of amides is 1. The second kappa shape index (κ2) is 10.2. The van der Waals surface area contributed by atoms with Crippen LogP contribution in [0, 0.1) is 19.7 Å². The Morgan fingerprint density at radius 1 is 0.900 bits per heavy atom. The number of rotatable bonds is 8. The molecular weight excluding hydrogens is 375 g/mol. The third kappa shape index (κ3) is 5.33. The molecule has 156 valence electrons. The Kier molecular flexibility index (Phi) is 7.36. The molecule has 0 radical (unpaired) electrons. The van der Waals surface area contributed by atoms with Crippen LogP contribution < -0.4 is 10.6 Å². The van der Waals surface area contributed by atoms with E-state index in [1.165, 1.54) is 17.2 Å². The fourth-order valence-corrected chi connectivity index (χ4v) is 3.73. The molecule has 0 heterocycles. The van der Waals surface area contributed by atoms with Crippen molar-refractivity contribution in [3.05, 3.63) is 106 Å². The van der Waals surface area contributed by atoms with Crippen molar-refractivity contribution in [1.29, 1.82) is 0 Å². The van der Waals surface area contributed by atoms with Crippen molar-refractivity contribution in [1.82, 2.24) is 10.6 Å². The number of aryl methyl sites for hydroxylation is 2. The van der Waals surface area contributed by atoms with E-state index in [0.717, 1.165) is 17.5 Å². The van der Waals surface area contributed by atoms with Crippen LogP contribution in [0.1, 0.15) is 46.2 Å². The van der Waals surface area contributed by atoms with Crippen molar-refractivity contribution in [2.45, 2.75) is 32.2 Å². The van der Waals surface area contributed by atoms with Gasteiger partial charge in [-0.2, -0.15) is 0 Å². The predicted molar refractivity (Wildman–Crippen MR) is 120 cm³/mol. The maximum absolute atomic E-state index is 13.8. The minimum Gasteiger partial charge on any atom is -0.358 e. The van der Waals surface area contributed by atoms with Gasteiger partial charge in [-0.1, -0.05) is 72.3 Å². The van der Waals surface area contributed by atoms with Gasteiger partial charge in [-0.05, 0) is 55.1 Å². The van der Waals surface area contributed by atoms with Gasteiger partial charge in [0.2, 0.25) is 5.91 Å². The third-order valence-electron chi connectivity index (χ3n) is 5.49. The maximum atomic E-state index is 13.8. The molecule has 0 fully saturated rings. The topological polar surface area (TPSA) is 41.1 Å². The van der Waals surface area contributed by atoms with E-state index in [4.69, 9.17) is 0 Å². The van der Waals surface area contributed by atoms with E-state index < -0.39 is 6.04 Å². The van der Waals surface area contributed by atoms with E-state index in [1.807, 2.05) is 42.5 Å². The number of hydrogen-bond donors (Lipinski definition) is 2. The lowest BCUT2D eigenvalue weighted by molar-refractivity contribution is -0.122. The Morgan fingerprint density at radius 2 is 1.57 bits per heavy atom. The molecule has 0 aliphatic rings. The molecule has 1 amide bonds. The van der Waals surface area contributed by atoms with Crippen molar-refractivity contribution >= 4 is 5.91 Å². The van der Waals surface area contributed by atoms with E-state index in [1.54, 1.807) is 14.0 Å². The van der Waals surface area contributed by atoms with Crippen molar-refractivity contribution in [3.8, 4) is 0 Å². The van der Waals surface area contributed by atoms with E-state index in [-0.39, 0.29) is 17.6 Å². The molecule has 30 heavy (non-hydrogen) atoms. The minimum atomic E-state index is -0.412. The van der Waals surface area contributed by atoms with Gasteiger partial charge in [0.15, 0.2) is 0 Å². The average Bonchev–Trinajstić information content (AvgIpc) is 2.77. The standard InChI is InChI=1S/C26H29FN2O/c1-18-9-11-20(12-10-18)23(22-13-14-24(27)19(2)17-22)15-16-29-25(26(30)28-3)21-7-5-4-6-8-21/h4-14,17,23,25,29H,15-16H2,1-3H3,(H,28,30)/t23-,25+/m1/s1. The van der Waals surface area contributed by atoms with Gasteiger partial charge >= 0.3 is 0 Å². The van der Waals surface area contributed by atoms with Gasteiger partial charge in [0.25, 0.3) is 0 Å². The molecular formula is C26H29FN2O. The number of carbonyl (C=O) groups is 1. The second-order valence-corrected chi connectivity index (χ2v) is 7.67. The molecule has 0 spiro atoms. The normalized spacial score (nSPS) is 12.9. The zero-order chi connectivity index (χ0) is 21.5. The van der Waals surface area contributed by atoms with Gasteiger partial charge in [-0.15, -0.1) is 0 Å². The summed E-state index contributed by atoms with van der Waals surface area (Å²) in [5, 5.41) is 6.15. The summed E-state index contributed by atoms with van der Waals surface area (Å²) in [6, 6.07) is 23.1. The van der Waals surface area contributed by atoms with Crippen molar-refractivity contribution in [2.75, 3.05) is 13.6 Å². The molecule has 0 saturated heterocycles. The summed E-state index contributed by atoms with van der Waals surface area (Å²) in [6.07, 6.45) is 0.786. The van der Waals surface area contributed by atoms with Gasteiger partial charge in [0, 0.05) is 13.0 Å². The highest BCUT2D eigenvalue weighted by Crippen LogP contribution is 2.29. The molecule has 3 aromatic carbocycles. The van der Waals surface area contributed by atoms with Crippen LogP contribution >= 0.6 is 0 Å². The molecule has 3 nitrogen and oxygen atoms in total. The summed E-state index contributed by atoms with van der Waals surface area (Å²) in [6.45, 7) is 4.50. The van der Waals surface area contributed by atoms with Crippen LogP contribution in [0.4, 0.5) is 4.39 Å². The molecule has 2 N–H and O–H groups in total. The molecule has 0 bridgehead atoms. The van der Waals surface area contributed by atoms with Crippen LogP contribution in [0.2, 0.25) is 0 Å². The molecule has 3 rings (SSSR count). The van der Waals surface area contributed by atoms with Gasteiger partial charge in [-0.3, -0.25) is 4.79 Å². The Balaban J connectivity index is 1.81. The third-order valence-corrected chi connectivity index (χ3v) is 5.49. The highest BCUT2D eigenvalue weighted by Gasteiger charge is 2.20. The first kappa shape index (κ1) is 21.7. The van der Waals surface area contributed by atoms with Gasteiger partial charge in [0.1, 0.15) is 11.9 Å². The lowest BCUT2D eigenvalue weighted by atomic mass is 9.87. The summed E-state index contributed by atoms with van der Waals surface area (Å²) in [4.78, 5) is 12.4. The summed E-state index contributed by atoms with van der Waals surface area (Å²) in [5.74, 6) is -0.146. The SMILES string of the molecule is CNC(=O)[C@@H](NCC[C@H](c1ccc(C)cc1)c1ccc(F)c(C)c1)c1ccccc1. The first-order valence-corrected chi connectivity index (χ1v) is 10.3. The Hall–Kier alpha value is -2.98. The lowest BCUT2D eigenvalue weighted by Gasteiger charge is -2.22. The lowest BCUT2D eigenvalue weighted by Crippen LogP contribution is -2.36. The highest BCUT2D eigenvalue weighted by atomic mass is 19.1. The Morgan fingerprint density at radius 3 is 2.20 bits per heavy atom. The summed E-state index contributed by atoms with van der Waals surface area (Å²) in [5.41, 5.74) is 5.04. The van der Waals surface area contributed by atoms with E-state index in [2.05, 4.69) is 41.8 Å². The maximum Gasteiger partial charge on any atom is 0.241 e. The van der Waals surface area contributed by atoms with Crippen LogP contribution in [-0.4, -0.2) is 19.5 Å². The van der Waals surface area contributed by atoms with E-state index in [9.17, 15) is 9.18 Å². The van der Waals surface area contributed by atoms with Gasteiger partial charge in [0.05, 0.1) is 0 Å². The molecule has 0 aliphatic heterocycles. The molecule has 3 aromatic rings. The molecule has 2 atom stereocenters. The van der Waals surface area contributed by atoms with Crippen LogP contribution in [0.3, 0.4) is 0 Å². The second-order valence-electron chi connectivity index (χ2n) is 7.67. The quantitative estimate of drug-likeness (QED) is 0.552. The minimum absolute atomic E-state index is 0.0642. The number of carbonyl (C=O) groups excluding carboxylic acids is 1. The van der Waals surface area contributed by atoms with Crippen LogP contribution in [-0.2, 0) is 4.79 Å². The first-order chi connectivity index (χ1) is 14.5. The first-order valence-electron chi connectivity index (χ1n) is 10.3. The summed E-state index contributed by atoms with van der Waals surface area (Å²) >= 11 is 0. The van der Waals surface area contributed by atoms with Crippen molar-refractivity contribution < 1.29 is 9.18 Å². The van der Waals surface area contributed by atoms with E-state index >= 15 is 0 Å². The average molecular weight is 405 g/mol. The van der Waals surface area contributed by atoms with Crippen LogP contribution in [0.25, 0.3) is 0 Å². The predicted octanol–water partition coefficient (Wildman–Crippen LogP) is 5.04. The Bertz CT molecular complexity index is 970. The van der Waals surface area contributed by atoms with Crippen LogP contribution in [0.5, 0.6) is 0 Å². The van der Waals surface area contributed by atoms with Gasteiger partial charge in [-0.25, -0.2) is 4.39 Å².